The second-order valence-corrected chi connectivity index (χ2v) is 12.8. The van der Waals surface area contributed by atoms with E-state index in [1.54, 1.807) is 0 Å². The zero-order valence-electron chi connectivity index (χ0n) is 19.0. The first kappa shape index (κ1) is 20.6. The molecule has 3 aliphatic heterocycles. The Balaban J connectivity index is 1.59. The Bertz CT molecular complexity index is 422. The first-order chi connectivity index (χ1) is 11.8. The van der Waals surface area contributed by atoms with Crippen LogP contribution in [0.3, 0.4) is 0 Å². The summed E-state index contributed by atoms with van der Waals surface area (Å²) < 4.78 is 0. The van der Waals surface area contributed by atoms with Crippen molar-refractivity contribution in [2.45, 2.75) is 115 Å². The van der Waals surface area contributed by atoms with E-state index in [0.717, 1.165) is 12.1 Å². The molecule has 0 unspecified atom stereocenters. The SMILES string of the molecule is CC1(C)CC([NH+]2CC[NH+](C3CC(C)(C)[NH2+]C(C)(C)C3)CC2)CC(C)(C)[NH2+]1. The molecule has 4 heteroatoms. The summed E-state index contributed by atoms with van der Waals surface area (Å²) in [5.74, 6) is 0. The highest BCUT2D eigenvalue weighted by Gasteiger charge is 2.49. The molecule has 0 radical (unpaired) electrons. The van der Waals surface area contributed by atoms with Crippen LogP contribution in [0.1, 0.15) is 81.1 Å². The third-order valence-corrected chi connectivity index (χ3v) is 7.34. The van der Waals surface area contributed by atoms with Crippen molar-refractivity contribution in [3.8, 4) is 0 Å². The average molecular weight is 369 g/mol. The van der Waals surface area contributed by atoms with Crippen molar-refractivity contribution < 1.29 is 20.4 Å². The van der Waals surface area contributed by atoms with Crippen molar-refractivity contribution in [1.29, 1.82) is 0 Å². The lowest BCUT2D eigenvalue weighted by molar-refractivity contribution is -1.04. The highest BCUT2D eigenvalue weighted by Crippen LogP contribution is 2.21. The molecule has 0 spiro atoms. The fourth-order valence-corrected chi connectivity index (χ4v) is 7.32. The van der Waals surface area contributed by atoms with Crippen molar-refractivity contribution in [1.82, 2.24) is 0 Å². The van der Waals surface area contributed by atoms with E-state index in [4.69, 9.17) is 0 Å². The minimum absolute atomic E-state index is 0.399. The Labute approximate surface area is 162 Å². The molecule has 0 aliphatic carbocycles. The number of piperazine rings is 1. The summed E-state index contributed by atoms with van der Waals surface area (Å²) in [5.41, 5.74) is 1.60. The Morgan fingerprint density at radius 1 is 0.500 bits per heavy atom. The average Bonchev–Trinajstić information content (AvgIpc) is 2.41. The number of piperidine rings is 2. The lowest BCUT2D eigenvalue weighted by atomic mass is 9.78. The highest BCUT2D eigenvalue weighted by atomic mass is 15.3. The molecular weight excluding hydrogens is 320 g/mol. The van der Waals surface area contributed by atoms with E-state index in [1.807, 2.05) is 9.80 Å². The number of nitrogens with two attached hydrogens (primary N) is 2. The van der Waals surface area contributed by atoms with Crippen LogP contribution in [0.4, 0.5) is 0 Å². The van der Waals surface area contributed by atoms with Crippen LogP contribution >= 0.6 is 0 Å². The summed E-state index contributed by atoms with van der Waals surface area (Å²) >= 11 is 0. The second kappa shape index (κ2) is 6.72. The van der Waals surface area contributed by atoms with Gasteiger partial charge in [-0.05, 0) is 55.4 Å². The summed E-state index contributed by atoms with van der Waals surface area (Å²) in [6.07, 6.45) is 5.50. The minimum atomic E-state index is 0.399. The van der Waals surface area contributed by atoms with Gasteiger partial charge in [-0.15, -0.1) is 0 Å². The van der Waals surface area contributed by atoms with Gasteiger partial charge in [-0.1, -0.05) is 0 Å². The fourth-order valence-electron chi connectivity index (χ4n) is 7.32. The topological polar surface area (TPSA) is 42.1 Å². The molecule has 0 atom stereocenters. The van der Waals surface area contributed by atoms with Crippen LogP contribution < -0.4 is 20.4 Å². The Morgan fingerprint density at radius 3 is 0.962 bits per heavy atom. The molecular formula is C22H48N4+4. The fraction of sp³-hybridized carbons (Fsp3) is 1.00. The highest BCUT2D eigenvalue weighted by molar-refractivity contribution is 4.85. The quantitative estimate of drug-likeness (QED) is 0.451. The molecule has 3 rings (SSSR count). The van der Waals surface area contributed by atoms with Gasteiger partial charge in [0.05, 0.1) is 59.9 Å². The molecule has 152 valence electrons. The molecule has 0 aromatic carbocycles. The number of hydrogen-bond acceptors (Lipinski definition) is 0. The first-order valence-electron chi connectivity index (χ1n) is 11.2. The summed E-state index contributed by atoms with van der Waals surface area (Å²) in [5, 5.41) is 5.25. The predicted molar refractivity (Wildman–Crippen MR) is 108 cm³/mol. The zero-order valence-corrected chi connectivity index (χ0v) is 19.0. The summed E-state index contributed by atoms with van der Waals surface area (Å²) in [7, 11) is 0. The van der Waals surface area contributed by atoms with E-state index in [9.17, 15) is 0 Å². The van der Waals surface area contributed by atoms with Crippen molar-refractivity contribution in [3.63, 3.8) is 0 Å². The Hall–Kier alpha value is -0.160. The van der Waals surface area contributed by atoms with E-state index in [0.29, 0.717) is 22.2 Å². The number of nitrogens with one attached hydrogen (secondary N) is 2. The van der Waals surface area contributed by atoms with E-state index < -0.39 is 0 Å². The van der Waals surface area contributed by atoms with Crippen molar-refractivity contribution >= 4 is 0 Å². The Kier molecular flexibility index (Phi) is 5.32. The summed E-state index contributed by atoms with van der Waals surface area (Å²) in [6.45, 7) is 25.1. The van der Waals surface area contributed by atoms with Gasteiger partial charge < -0.3 is 20.4 Å². The number of hydrogen-bond donors (Lipinski definition) is 4. The van der Waals surface area contributed by atoms with E-state index in [1.165, 1.54) is 51.9 Å². The molecule has 6 N–H and O–H groups in total. The van der Waals surface area contributed by atoms with Gasteiger partial charge in [0.25, 0.3) is 0 Å². The molecule has 0 bridgehead atoms. The molecule has 3 fully saturated rings. The standard InChI is InChI=1S/C22H44N4/c1-19(2)13-17(14-20(3,4)23-19)25-9-11-26(12-10-25)18-15-21(5,6)24-22(7,8)16-18/h17-18,23-24H,9-16H2,1-8H3/p+4. The molecule has 0 saturated carbocycles. The third-order valence-electron chi connectivity index (χ3n) is 7.34. The number of quaternary nitrogens is 4. The van der Waals surface area contributed by atoms with Crippen LogP contribution in [-0.4, -0.2) is 60.4 Å². The smallest absolute Gasteiger partial charge is 0.127 e. The summed E-state index contributed by atoms with van der Waals surface area (Å²) in [4.78, 5) is 3.81. The molecule has 3 aliphatic rings. The van der Waals surface area contributed by atoms with Crippen LogP contribution in [0.2, 0.25) is 0 Å². The van der Waals surface area contributed by atoms with Crippen LogP contribution in [0.15, 0.2) is 0 Å². The molecule has 4 nitrogen and oxygen atoms in total. The van der Waals surface area contributed by atoms with E-state index in [-0.39, 0.29) is 0 Å². The molecule has 26 heavy (non-hydrogen) atoms. The van der Waals surface area contributed by atoms with Gasteiger partial charge >= 0.3 is 0 Å². The molecule has 0 aromatic rings. The zero-order chi connectivity index (χ0) is 19.4. The number of rotatable bonds is 2. The first-order valence-corrected chi connectivity index (χ1v) is 11.2. The van der Waals surface area contributed by atoms with Crippen molar-refractivity contribution in [2.75, 3.05) is 26.2 Å². The normalized spacial score (nSPS) is 37.4. The maximum atomic E-state index is 2.63. The maximum Gasteiger partial charge on any atom is 0.127 e. The summed E-state index contributed by atoms with van der Waals surface area (Å²) in [6, 6.07) is 1.72. The predicted octanol–water partition coefficient (Wildman–Crippen LogP) is -1.66. The van der Waals surface area contributed by atoms with Gasteiger partial charge in [0.2, 0.25) is 0 Å². The maximum absolute atomic E-state index is 2.63. The molecule has 0 aromatic heterocycles. The monoisotopic (exact) mass is 368 g/mol. The van der Waals surface area contributed by atoms with Crippen LogP contribution in [-0.2, 0) is 0 Å². The van der Waals surface area contributed by atoms with Crippen LogP contribution in [0.5, 0.6) is 0 Å². The second-order valence-electron chi connectivity index (χ2n) is 12.8. The van der Waals surface area contributed by atoms with Crippen LogP contribution in [0, 0.1) is 0 Å². The van der Waals surface area contributed by atoms with Crippen molar-refractivity contribution in [3.05, 3.63) is 0 Å². The van der Waals surface area contributed by atoms with E-state index in [2.05, 4.69) is 66.0 Å². The van der Waals surface area contributed by atoms with Gasteiger partial charge in [0.15, 0.2) is 0 Å². The van der Waals surface area contributed by atoms with Gasteiger partial charge in [-0.2, -0.15) is 0 Å². The van der Waals surface area contributed by atoms with Gasteiger partial charge in [-0.3, -0.25) is 0 Å². The van der Waals surface area contributed by atoms with Gasteiger partial charge in [0, 0.05) is 0 Å². The largest absolute Gasteiger partial charge is 0.337 e. The lowest BCUT2D eigenvalue weighted by Gasteiger charge is -2.48. The minimum Gasteiger partial charge on any atom is -0.337 e. The lowest BCUT2D eigenvalue weighted by Crippen LogP contribution is -3.32. The van der Waals surface area contributed by atoms with Gasteiger partial charge in [-0.25, -0.2) is 0 Å². The molecule has 3 heterocycles. The van der Waals surface area contributed by atoms with Crippen LogP contribution in [0.25, 0.3) is 0 Å². The molecule has 0 amide bonds. The van der Waals surface area contributed by atoms with E-state index >= 15 is 0 Å². The van der Waals surface area contributed by atoms with Gasteiger partial charge in [0.1, 0.15) is 26.2 Å². The van der Waals surface area contributed by atoms with Crippen molar-refractivity contribution in [2.24, 2.45) is 0 Å². The third kappa shape index (κ3) is 5.01. The molecule has 3 saturated heterocycles. The Morgan fingerprint density at radius 2 is 0.731 bits per heavy atom.